The number of benzene rings is 1. The molecular weight excluding hydrogens is 147 g/mol. The minimum atomic E-state index is 0. The van der Waals surface area contributed by atoms with E-state index in [2.05, 4.69) is 6.07 Å². The molecule has 0 bridgehead atoms. The molecule has 1 aromatic rings. The predicted octanol–water partition coefficient (Wildman–Crippen LogP) is 1.93. The molecule has 0 nitrogen and oxygen atoms in total. The minimum Gasteiger partial charge on any atom is -0.344 e. The number of hydrogen-bond donors (Lipinski definition) is 0. The van der Waals surface area contributed by atoms with Gasteiger partial charge in [-0.25, -0.2) is 12.1 Å². The molecule has 0 saturated heterocycles. The van der Waals surface area contributed by atoms with Crippen molar-refractivity contribution in [1.82, 2.24) is 0 Å². The van der Waals surface area contributed by atoms with E-state index in [0.29, 0.717) is 0 Å². The van der Waals surface area contributed by atoms with Gasteiger partial charge in [0.2, 0.25) is 0 Å². The van der Waals surface area contributed by atoms with Gasteiger partial charge in [-0.05, 0) is 0 Å². The monoisotopic (exact) mass is 153 g/mol. The first-order chi connectivity index (χ1) is 3.93. The largest absolute Gasteiger partial charge is 2.00 e. The molecule has 0 fully saturated rings. The van der Waals surface area contributed by atoms with Crippen molar-refractivity contribution in [1.29, 1.82) is 0 Å². The van der Waals surface area contributed by atoms with Crippen LogP contribution in [0.1, 0.15) is 5.56 Å². The Bertz CT molecular complexity index is 167. The van der Waals surface area contributed by atoms with Gasteiger partial charge in [0.05, 0.1) is 0 Å². The molecule has 0 aliphatic rings. The zero-order chi connectivity index (χ0) is 5.82. The van der Waals surface area contributed by atoms with E-state index in [-0.39, 0.29) is 18.6 Å². The van der Waals surface area contributed by atoms with Gasteiger partial charge in [-0.3, -0.25) is 0 Å². The molecule has 0 N–H and O–H groups in total. The summed E-state index contributed by atoms with van der Waals surface area (Å²) in [5, 5.41) is 0. The van der Waals surface area contributed by atoms with Crippen LogP contribution in [0.5, 0.6) is 0 Å². The van der Waals surface area contributed by atoms with E-state index in [1.54, 1.807) is 0 Å². The Morgan fingerprint density at radius 2 is 2.22 bits per heavy atom. The van der Waals surface area contributed by atoms with Crippen molar-refractivity contribution in [2.24, 2.45) is 0 Å². The maximum absolute atomic E-state index is 5.19. The number of rotatable bonds is 1. The topological polar surface area (TPSA) is 0 Å². The molecule has 1 heteroatoms. The van der Waals surface area contributed by atoms with Crippen LogP contribution in [-0.2, 0) is 18.6 Å². The summed E-state index contributed by atoms with van der Waals surface area (Å²) in [6.07, 6.45) is 1.53. The van der Waals surface area contributed by atoms with Gasteiger partial charge in [0.15, 0.2) is 0 Å². The van der Waals surface area contributed by atoms with E-state index < -0.39 is 0 Å². The molecule has 0 aromatic heterocycles. The predicted molar refractivity (Wildman–Crippen MR) is 34.0 cm³/mol. The molecule has 1 radical (unpaired) electrons. The second-order valence-corrected chi connectivity index (χ2v) is 1.48. The normalized spacial score (nSPS) is 7.56. The van der Waals surface area contributed by atoms with E-state index in [1.165, 1.54) is 6.08 Å². The van der Waals surface area contributed by atoms with Gasteiger partial charge in [0.1, 0.15) is 0 Å². The average molecular weight is 153 g/mol. The molecule has 0 unspecified atom stereocenters. The fourth-order valence-electron chi connectivity index (χ4n) is 0.511. The van der Waals surface area contributed by atoms with E-state index in [9.17, 15) is 0 Å². The molecule has 1 aromatic carbocycles. The van der Waals surface area contributed by atoms with Crippen molar-refractivity contribution in [3.05, 3.63) is 42.5 Å². The average Bonchev–Trinajstić information content (AvgIpc) is 1.90. The van der Waals surface area contributed by atoms with Gasteiger partial charge in [0.25, 0.3) is 0 Å². The third-order valence-corrected chi connectivity index (χ3v) is 0.913. The van der Waals surface area contributed by atoms with Gasteiger partial charge in [0, 0.05) is 0 Å². The number of hydrogen-bond acceptors (Lipinski definition) is 0. The Morgan fingerprint density at radius 3 is 2.56 bits per heavy atom. The van der Waals surface area contributed by atoms with Crippen LogP contribution in [0.25, 0.3) is 6.08 Å². The van der Waals surface area contributed by atoms with E-state index in [0.717, 1.165) is 5.56 Å². The second kappa shape index (κ2) is 4.43. The third kappa shape index (κ3) is 2.55. The van der Waals surface area contributed by atoms with Crippen LogP contribution in [-0.4, -0.2) is 0 Å². The van der Waals surface area contributed by atoms with Crippen LogP contribution in [0, 0.1) is 12.6 Å². The molecule has 0 heterocycles. The van der Waals surface area contributed by atoms with Gasteiger partial charge in [-0.15, -0.1) is 6.07 Å². The van der Waals surface area contributed by atoms with Crippen molar-refractivity contribution in [3.8, 4) is 0 Å². The summed E-state index contributed by atoms with van der Waals surface area (Å²) < 4.78 is 0. The Kier molecular flexibility index (Phi) is 4.20. The molecule has 0 atom stereocenters. The Hall–Kier alpha value is -0.456. The van der Waals surface area contributed by atoms with Gasteiger partial charge >= 0.3 is 18.6 Å². The van der Waals surface area contributed by atoms with E-state index in [4.69, 9.17) is 6.58 Å². The molecule has 0 amide bonds. The Labute approximate surface area is 67.5 Å². The smallest absolute Gasteiger partial charge is 0.344 e. The fourth-order valence-corrected chi connectivity index (χ4v) is 0.511. The molecule has 43 valence electrons. The quantitative estimate of drug-likeness (QED) is 0.541. The van der Waals surface area contributed by atoms with Crippen molar-refractivity contribution < 1.29 is 18.6 Å². The summed E-state index contributed by atoms with van der Waals surface area (Å²) in [6, 6.07) is 10.5. The third-order valence-electron chi connectivity index (χ3n) is 0.913. The molecule has 0 aliphatic heterocycles. The first-order valence-corrected chi connectivity index (χ1v) is 2.45. The van der Waals surface area contributed by atoms with Crippen LogP contribution in [0.4, 0.5) is 0 Å². The molecule has 0 aliphatic carbocycles. The van der Waals surface area contributed by atoms with E-state index >= 15 is 0 Å². The van der Waals surface area contributed by atoms with Crippen molar-refractivity contribution in [2.45, 2.75) is 0 Å². The summed E-state index contributed by atoms with van der Waals surface area (Å²) in [5.74, 6) is 0. The van der Waals surface area contributed by atoms with Crippen LogP contribution in [0.2, 0.25) is 0 Å². The first kappa shape index (κ1) is 8.54. The standard InChI is InChI=1S/C8H6.V/c1-2-8-6-4-3-5-7-8;/h1-6H;/q-2;+2. The van der Waals surface area contributed by atoms with Gasteiger partial charge in [-0.1, -0.05) is 0 Å². The van der Waals surface area contributed by atoms with Crippen LogP contribution >= 0.6 is 0 Å². The van der Waals surface area contributed by atoms with Crippen LogP contribution < -0.4 is 0 Å². The summed E-state index contributed by atoms with van der Waals surface area (Å²) in [7, 11) is 0. The zero-order valence-corrected chi connectivity index (χ0v) is 6.31. The Balaban J connectivity index is 0.000000640. The van der Waals surface area contributed by atoms with Crippen molar-refractivity contribution in [3.63, 3.8) is 0 Å². The molecular formula is C8H6V. The summed E-state index contributed by atoms with van der Waals surface area (Å²) in [5.41, 5.74) is 0.938. The van der Waals surface area contributed by atoms with Gasteiger partial charge < -0.3 is 18.2 Å². The van der Waals surface area contributed by atoms with Gasteiger partial charge in [-0.2, -0.15) is 12.1 Å². The summed E-state index contributed by atoms with van der Waals surface area (Å²) in [4.78, 5) is 0. The summed E-state index contributed by atoms with van der Waals surface area (Å²) in [6.45, 7) is 5.19. The van der Waals surface area contributed by atoms with E-state index in [1.807, 2.05) is 24.3 Å². The fraction of sp³-hybridized carbons (Fsp3) is 0. The van der Waals surface area contributed by atoms with Crippen molar-refractivity contribution in [2.75, 3.05) is 0 Å². The SMILES string of the molecule is [CH-]=Cc1[c-]cccc1.[V+2]. The molecule has 1 rings (SSSR count). The van der Waals surface area contributed by atoms with Crippen LogP contribution in [0.15, 0.2) is 24.3 Å². The molecule has 9 heavy (non-hydrogen) atoms. The maximum atomic E-state index is 5.19. The first-order valence-electron chi connectivity index (χ1n) is 2.45. The molecule has 0 saturated carbocycles. The Morgan fingerprint density at radius 1 is 1.44 bits per heavy atom. The minimum absolute atomic E-state index is 0. The van der Waals surface area contributed by atoms with Crippen LogP contribution in [0.3, 0.4) is 0 Å². The second-order valence-electron chi connectivity index (χ2n) is 1.48. The molecule has 0 spiro atoms. The maximum Gasteiger partial charge on any atom is 2.00 e. The summed E-state index contributed by atoms with van der Waals surface area (Å²) >= 11 is 0. The van der Waals surface area contributed by atoms with Crippen molar-refractivity contribution >= 4 is 6.08 Å². The zero-order valence-electron chi connectivity index (χ0n) is 4.91.